The van der Waals surface area contributed by atoms with Crippen LogP contribution in [-0.2, 0) is 0 Å². The number of aryl methyl sites for hydroxylation is 1. The lowest BCUT2D eigenvalue weighted by molar-refractivity contribution is 0.477. The first-order chi connectivity index (χ1) is 6.68. The third kappa shape index (κ3) is 1.46. The first kappa shape index (κ1) is 9.09. The van der Waals surface area contributed by atoms with Gasteiger partial charge in [-0.3, -0.25) is 0 Å². The molecule has 0 amide bonds. The maximum atomic E-state index is 9.71. The Hall–Kier alpha value is -1.48. The summed E-state index contributed by atoms with van der Waals surface area (Å²) in [6, 6.07) is 7.23. The van der Waals surface area contributed by atoms with Gasteiger partial charge in [-0.2, -0.15) is 0 Å². The molecular weight excluding hydrogens is 194 g/mol. The minimum atomic E-state index is 0.242. The molecule has 1 aromatic carbocycles. The summed E-state index contributed by atoms with van der Waals surface area (Å²) >= 11 is 1.67. The van der Waals surface area contributed by atoms with Crippen LogP contribution < -0.4 is 5.73 Å². The molecule has 0 bridgehead atoms. The number of phenolic OH excluding ortho intramolecular Hbond substituents is 1. The molecule has 2 rings (SSSR count). The van der Waals surface area contributed by atoms with Crippen molar-refractivity contribution in [1.82, 2.24) is 0 Å². The second-order valence-corrected chi connectivity index (χ2v) is 4.29. The van der Waals surface area contributed by atoms with Gasteiger partial charge in [0.15, 0.2) is 0 Å². The molecule has 0 atom stereocenters. The number of anilines is 1. The molecule has 0 saturated heterocycles. The van der Waals surface area contributed by atoms with Crippen LogP contribution in [0.2, 0.25) is 0 Å². The maximum Gasteiger partial charge on any atom is 0.125 e. The smallest absolute Gasteiger partial charge is 0.125 e. The van der Waals surface area contributed by atoms with E-state index in [-0.39, 0.29) is 5.75 Å². The van der Waals surface area contributed by atoms with E-state index >= 15 is 0 Å². The molecule has 3 N–H and O–H groups in total. The first-order valence-electron chi connectivity index (χ1n) is 4.31. The van der Waals surface area contributed by atoms with Gasteiger partial charge in [-0.05, 0) is 36.1 Å². The fourth-order valence-corrected chi connectivity index (χ4v) is 2.15. The Morgan fingerprint density at radius 3 is 2.57 bits per heavy atom. The molecule has 1 heterocycles. The van der Waals surface area contributed by atoms with Gasteiger partial charge in [0, 0.05) is 22.2 Å². The molecule has 0 aliphatic rings. The molecule has 0 unspecified atom stereocenters. The summed E-state index contributed by atoms with van der Waals surface area (Å²) in [6.07, 6.45) is 0. The van der Waals surface area contributed by atoms with Gasteiger partial charge in [0.25, 0.3) is 0 Å². The Labute approximate surface area is 86.6 Å². The molecule has 0 radical (unpaired) electrons. The number of aromatic hydroxyl groups is 1. The standard InChI is InChI=1S/C11H11NOS/c1-7-9(4-5-14-7)10-3-2-8(12)6-11(10)13/h2-6,13H,12H2,1H3. The molecule has 0 fully saturated rings. The van der Waals surface area contributed by atoms with Crippen molar-refractivity contribution in [3.8, 4) is 16.9 Å². The monoisotopic (exact) mass is 205 g/mol. The number of hydrogen-bond donors (Lipinski definition) is 2. The summed E-state index contributed by atoms with van der Waals surface area (Å²) < 4.78 is 0. The summed E-state index contributed by atoms with van der Waals surface area (Å²) in [6.45, 7) is 2.04. The van der Waals surface area contributed by atoms with Crippen molar-refractivity contribution in [3.05, 3.63) is 34.5 Å². The normalized spacial score (nSPS) is 10.4. The number of rotatable bonds is 1. The van der Waals surface area contributed by atoms with E-state index in [0.717, 1.165) is 11.1 Å². The number of benzene rings is 1. The Morgan fingerprint density at radius 2 is 2.00 bits per heavy atom. The zero-order valence-corrected chi connectivity index (χ0v) is 8.64. The second kappa shape index (κ2) is 3.35. The topological polar surface area (TPSA) is 46.2 Å². The van der Waals surface area contributed by atoms with Gasteiger partial charge in [-0.15, -0.1) is 11.3 Å². The van der Waals surface area contributed by atoms with E-state index in [1.165, 1.54) is 4.88 Å². The van der Waals surface area contributed by atoms with Gasteiger partial charge in [0.1, 0.15) is 5.75 Å². The summed E-state index contributed by atoms with van der Waals surface area (Å²) in [4.78, 5) is 1.20. The van der Waals surface area contributed by atoms with Crippen molar-refractivity contribution >= 4 is 17.0 Å². The van der Waals surface area contributed by atoms with E-state index in [9.17, 15) is 5.11 Å². The highest BCUT2D eigenvalue weighted by Gasteiger charge is 2.07. The van der Waals surface area contributed by atoms with Crippen LogP contribution in [0.5, 0.6) is 5.75 Å². The fourth-order valence-electron chi connectivity index (χ4n) is 1.44. The van der Waals surface area contributed by atoms with Crippen LogP contribution in [0.15, 0.2) is 29.6 Å². The van der Waals surface area contributed by atoms with E-state index < -0.39 is 0 Å². The minimum absolute atomic E-state index is 0.242. The molecule has 1 aromatic heterocycles. The van der Waals surface area contributed by atoms with Gasteiger partial charge in [0.05, 0.1) is 0 Å². The molecular formula is C11H11NOS. The summed E-state index contributed by atoms with van der Waals surface area (Å²) in [5, 5.41) is 11.7. The predicted octanol–water partition coefficient (Wildman–Crippen LogP) is 3.01. The molecule has 2 aromatic rings. The Morgan fingerprint density at radius 1 is 1.21 bits per heavy atom. The molecule has 0 aliphatic carbocycles. The molecule has 0 spiro atoms. The van der Waals surface area contributed by atoms with Gasteiger partial charge in [0.2, 0.25) is 0 Å². The third-order valence-electron chi connectivity index (χ3n) is 2.17. The predicted molar refractivity (Wildman–Crippen MR) is 60.6 cm³/mol. The number of hydrogen-bond acceptors (Lipinski definition) is 3. The quantitative estimate of drug-likeness (QED) is 0.703. The van der Waals surface area contributed by atoms with Crippen LogP contribution in [-0.4, -0.2) is 5.11 Å². The zero-order valence-electron chi connectivity index (χ0n) is 7.82. The highest BCUT2D eigenvalue weighted by Crippen LogP contribution is 2.34. The molecule has 72 valence electrons. The minimum Gasteiger partial charge on any atom is -0.507 e. The van der Waals surface area contributed by atoms with Crippen LogP contribution in [0.25, 0.3) is 11.1 Å². The fraction of sp³-hybridized carbons (Fsp3) is 0.0909. The molecule has 3 heteroatoms. The first-order valence-corrected chi connectivity index (χ1v) is 5.19. The van der Waals surface area contributed by atoms with E-state index in [4.69, 9.17) is 5.73 Å². The number of nitrogen functional groups attached to an aromatic ring is 1. The van der Waals surface area contributed by atoms with Crippen molar-refractivity contribution in [3.63, 3.8) is 0 Å². The SMILES string of the molecule is Cc1sccc1-c1ccc(N)cc1O. The summed E-state index contributed by atoms with van der Waals surface area (Å²) in [7, 11) is 0. The van der Waals surface area contributed by atoms with E-state index in [0.29, 0.717) is 5.69 Å². The van der Waals surface area contributed by atoms with Gasteiger partial charge in [-0.25, -0.2) is 0 Å². The lowest BCUT2D eigenvalue weighted by Crippen LogP contribution is -1.85. The molecule has 0 saturated carbocycles. The van der Waals surface area contributed by atoms with Gasteiger partial charge in [-0.1, -0.05) is 0 Å². The molecule has 2 nitrogen and oxygen atoms in total. The van der Waals surface area contributed by atoms with Crippen molar-refractivity contribution < 1.29 is 5.11 Å². The largest absolute Gasteiger partial charge is 0.507 e. The zero-order chi connectivity index (χ0) is 10.1. The van der Waals surface area contributed by atoms with E-state index in [1.807, 2.05) is 24.4 Å². The van der Waals surface area contributed by atoms with Crippen molar-refractivity contribution in [2.24, 2.45) is 0 Å². The van der Waals surface area contributed by atoms with Crippen molar-refractivity contribution in [2.45, 2.75) is 6.92 Å². The summed E-state index contributed by atoms with van der Waals surface area (Å²) in [5.74, 6) is 0.242. The van der Waals surface area contributed by atoms with Crippen LogP contribution in [0.3, 0.4) is 0 Å². The molecule has 14 heavy (non-hydrogen) atoms. The van der Waals surface area contributed by atoms with Crippen molar-refractivity contribution in [2.75, 3.05) is 5.73 Å². The van der Waals surface area contributed by atoms with Crippen LogP contribution in [0.4, 0.5) is 5.69 Å². The Kier molecular flexibility index (Phi) is 2.17. The summed E-state index contributed by atoms with van der Waals surface area (Å²) in [5.41, 5.74) is 8.07. The highest BCUT2D eigenvalue weighted by molar-refractivity contribution is 7.10. The Bertz CT molecular complexity index is 462. The van der Waals surface area contributed by atoms with Crippen molar-refractivity contribution in [1.29, 1.82) is 0 Å². The average Bonchev–Trinajstić information content (AvgIpc) is 2.52. The average molecular weight is 205 g/mol. The van der Waals surface area contributed by atoms with Crippen LogP contribution in [0, 0.1) is 6.92 Å². The van der Waals surface area contributed by atoms with Gasteiger partial charge < -0.3 is 10.8 Å². The number of phenols is 1. The van der Waals surface area contributed by atoms with Gasteiger partial charge >= 0.3 is 0 Å². The van der Waals surface area contributed by atoms with Crippen LogP contribution in [0.1, 0.15) is 4.88 Å². The number of nitrogens with two attached hydrogens (primary N) is 1. The lowest BCUT2D eigenvalue weighted by atomic mass is 10.1. The van der Waals surface area contributed by atoms with E-state index in [1.54, 1.807) is 23.5 Å². The highest BCUT2D eigenvalue weighted by atomic mass is 32.1. The lowest BCUT2D eigenvalue weighted by Gasteiger charge is -2.04. The number of thiophene rings is 1. The van der Waals surface area contributed by atoms with Crippen LogP contribution >= 0.6 is 11.3 Å². The second-order valence-electron chi connectivity index (χ2n) is 3.17. The maximum absolute atomic E-state index is 9.71. The third-order valence-corrected chi connectivity index (χ3v) is 3.02. The van der Waals surface area contributed by atoms with E-state index in [2.05, 4.69) is 0 Å². The Balaban J connectivity index is 2.58. The molecule has 0 aliphatic heterocycles.